The van der Waals surface area contributed by atoms with Crippen LogP contribution in [0.1, 0.15) is 0 Å². The highest BCUT2D eigenvalue weighted by Crippen LogP contribution is 2.36. The van der Waals surface area contributed by atoms with Gasteiger partial charge in [-0.25, -0.2) is 0 Å². The van der Waals surface area contributed by atoms with Crippen molar-refractivity contribution in [3.05, 3.63) is 10.4 Å². The van der Waals surface area contributed by atoms with Crippen LogP contribution >= 0.6 is 0 Å². The van der Waals surface area contributed by atoms with Gasteiger partial charge < -0.3 is 79.9 Å². The highest BCUT2D eigenvalue weighted by Gasteiger charge is 2.58. The zero-order valence-corrected chi connectivity index (χ0v) is 19.0. The van der Waals surface area contributed by atoms with Gasteiger partial charge >= 0.3 is 0 Å². The number of rotatable bonds is 8. The maximum Gasteiger partial charge on any atom is 0.223 e. The van der Waals surface area contributed by atoms with Gasteiger partial charge in [0, 0.05) is 4.91 Å². The number of hydrogen-bond acceptors (Lipinski definition) is 17. The summed E-state index contributed by atoms with van der Waals surface area (Å²) < 4.78 is 26.4. The second kappa shape index (κ2) is 12.2. The summed E-state index contributed by atoms with van der Waals surface area (Å²) in [6, 6.07) is 0. The molecule has 37 heavy (non-hydrogen) atoms. The maximum absolute atomic E-state index is 10.7. The van der Waals surface area contributed by atoms with Crippen molar-refractivity contribution in [2.24, 2.45) is 5.11 Å². The number of aliphatic hydroxyl groups is 11. The molecule has 3 fully saturated rings. The molecule has 0 bridgehead atoms. The lowest BCUT2D eigenvalue weighted by molar-refractivity contribution is -0.390. The van der Waals surface area contributed by atoms with Gasteiger partial charge in [-0.1, -0.05) is 5.11 Å². The molecule has 0 saturated carbocycles. The molecule has 0 amide bonds. The zero-order chi connectivity index (χ0) is 27.7. The van der Waals surface area contributed by atoms with Crippen LogP contribution in [0.4, 0.5) is 0 Å². The molecule has 19 heteroatoms. The molecule has 1 unspecified atom stereocenters. The minimum atomic E-state index is -2.99. The summed E-state index contributed by atoms with van der Waals surface area (Å²) in [5.41, 5.74) is 5.81. The molecular weight excluding hydrogens is 514 g/mol. The Hall–Kier alpha value is -1.33. The summed E-state index contributed by atoms with van der Waals surface area (Å²) in [5.74, 6) is 0. The van der Waals surface area contributed by atoms with Crippen LogP contribution in [0.3, 0.4) is 0 Å². The van der Waals surface area contributed by atoms with Gasteiger partial charge in [0.1, 0.15) is 67.1 Å². The van der Waals surface area contributed by atoms with Crippen molar-refractivity contribution in [2.45, 2.75) is 91.7 Å². The van der Waals surface area contributed by atoms with Crippen LogP contribution in [0.25, 0.3) is 10.4 Å². The monoisotopic (exact) mass is 545 g/mol. The Bertz CT molecular complexity index is 803. The van der Waals surface area contributed by atoms with Crippen LogP contribution in [0.5, 0.6) is 0 Å². The molecule has 214 valence electrons. The molecule has 19 nitrogen and oxygen atoms in total. The van der Waals surface area contributed by atoms with Crippen LogP contribution in [-0.2, 0) is 23.7 Å². The fourth-order valence-electron chi connectivity index (χ4n) is 4.26. The van der Waals surface area contributed by atoms with E-state index in [9.17, 15) is 56.2 Å². The van der Waals surface area contributed by atoms with Gasteiger partial charge in [0.05, 0.1) is 19.8 Å². The van der Waals surface area contributed by atoms with Crippen molar-refractivity contribution in [1.29, 1.82) is 0 Å². The molecule has 0 aromatic heterocycles. The van der Waals surface area contributed by atoms with Gasteiger partial charge in [0.25, 0.3) is 0 Å². The van der Waals surface area contributed by atoms with Gasteiger partial charge in [0.2, 0.25) is 5.72 Å². The quantitative estimate of drug-likeness (QED) is 0.0766. The maximum atomic E-state index is 10.7. The van der Waals surface area contributed by atoms with E-state index >= 15 is 0 Å². The first-order valence-electron chi connectivity index (χ1n) is 11.1. The van der Waals surface area contributed by atoms with Gasteiger partial charge in [-0.2, -0.15) is 0 Å². The van der Waals surface area contributed by atoms with Crippen molar-refractivity contribution in [3.63, 3.8) is 0 Å². The SMILES string of the molecule is [N-]=[N+]=N[C@]1(O)[C@H](O[C@H]2[C@H](O)[C@H](O)[C@@H](O[C@H]3[C@H](O)[C@H](O)C(O)O[C@@H]3CO)O[C@@H]2CO)O[C@H](CO)[C@@H](O)[C@@H]1O. The Morgan fingerprint density at radius 1 is 0.703 bits per heavy atom. The van der Waals surface area contributed by atoms with Crippen LogP contribution in [0, 0.1) is 0 Å². The summed E-state index contributed by atoms with van der Waals surface area (Å²) in [4.78, 5) is 2.37. The fraction of sp³-hybridized carbons (Fsp3) is 1.00. The summed E-state index contributed by atoms with van der Waals surface area (Å²) >= 11 is 0. The standard InChI is InChI=1S/C18H31N3O16/c19-21-20-18(32)14(30)7(25)4(1-22)35-17(18)37-13-6(3-24)34-16(11(29)9(13)27)36-12-5(2-23)33-15(31)10(28)8(12)26/h4-17,22-32H,1-3H2/t4-,5-,6-,7-,8-,9-,10+,11+,12-,13-,14+,15?,16-,17+,18-/m1/s1. The Balaban J connectivity index is 1.81. The molecule has 0 spiro atoms. The number of hydrogen-bond donors (Lipinski definition) is 11. The van der Waals surface area contributed by atoms with E-state index in [1.807, 2.05) is 0 Å². The first-order valence-corrected chi connectivity index (χ1v) is 11.1. The summed E-state index contributed by atoms with van der Waals surface area (Å²) in [5, 5.41) is 114. The van der Waals surface area contributed by atoms with E-state index in [2.05, 4.69) is 10.0 Å². The first-order chi connectivity index (χ1) is 17.4. The Kier molecular flexibility index (Phi) is 9.99. The van der Waals surface area contributed by atoms with E-state index in [1.165, 1.54) is 0 Å². The molecular formula is C18H31N3O16. The third kappa shape index (κ3) is 5.69. The van der Waals surface area contributed by atoms with Crippen molar-refractivity contribution >= 4 is 0 Å². The van der Waals surface area contributed by atoms with Gasteiger partial charge in [-0.15, -0.1) is 0 Å². The van der Waals surface area contributed by atoms with Crippen LogP contribution in [0.15, 0.2) is 5.11 Å². The lowest BCUT2D eigenvalue weighted by atomic mass is 9.93. The lowest BCUT2D eigenvalue weighted by Gasteiger charge is -2.49. The second-order valence-electron chi connectivity index (χ2n) is 8.73. The third-order valence-corrected chi connectivity index (χ3v) is 6.40. The van der Waals surface area contributed by atoms with Crippen molar-refractivity contribution in [3.8, 4) is 0 Å². The molecule has 3 heterocycles. The number of azide groups is 1. The predicted octanol–water partition coefficient (Wildman–Crippen LogP) is -6.93. The summed E-state index contributed by atoms with van der Waals surface area (Å²) in [6.45, 7) is -2.61. The normalized spacial score (nSPS) is 50.9. The molecule has 0 aliphatic carbocycles. The number of nitrogens with zero attached hydrogens (tertiary/aromatic N) is 3. The Morgan fingerprint density at radius 2 is 1.24 bits per heavy atom. The first kappa shape index (κ1) is 30.2. The van der Waals surface area contributed by atoms with Crippen LogP contribution < -0.4 is 0 Å². The van der Waals surface area contributed by atoms with Gasteiger partial charge in [0.15, 0.2) is 18.9 Å². The van der Waals surface area contributed by atoms with E-state index in [1.54, 1.807) is 0 Å². The van der Waals surface area contributed by atoms with Gasteiger partial charge in [-0.3, -0.25) is 0 Å². The highest BCUT2D eigenvalue weighted by atomic mass is 16.8. The topological polar surface area (TPSA) is 317 Å². The van der Waals surface area contributed by atoms with Crippen molar-refractivity contribution in [1.82, 2.24) is 0 Å². The van der Waals surface area contributed by atoms with E-state index < -0.39 is 112 Å². The molecule has 3 aliphatic heterocycles. The average Bonchev–Trinajstić information content (AvgIpc) is 2.88. The molecule has 3 aliphatic rings. The van der Waals surface area contributed by atoms with Crippen LogP contribution in [0.2, 0.25) is 0 Å². The summed E-state index contributed by atoms with van der Waals surface area (Å²) in [7, 11) is 0. The molecule has 3 rings (SSSR count). The van der Waals surface area contributed by atoms with Crippen molar-refractivity contribution < 1.29 is 79.9 Å². The second-order valence-corrected chi connectivity index (χ2v) is 8.73. The smallest absolute Gasteiger partial charge is 0.223 e. The predicted molar refractivity (Wildman–Crippen MR) is 109 cm³/mol. The third-order valence-electron chi connectivity index (χ3n) is 6.40. The molecule has 3 saturated heterocycles. The Labute approximate surface area is 207 Å². The zero-order valence-electron chi connectivity index (χ0n) is 19.0. The summed E-state index contributed by atoms with van der Waals surface area (Å²) in [6.07, 6.45) is -25.7. The minimum absolute atomic E-state index is 0.802. The fourth-order valence-corrected chi connectivity index (χ4v) is 4.26. The van der Waals surface area contributed by atoms with E-state index in [0.717, 1.165) is 0 Å². The molecule has 11 N–H and O–H groups in total. The average molecular weight is 545 g/mol. The molecule has 0 aromatic rings. The Morgan fingerprint density at radius 3 is 1.81 bits per heavy atom. The lowest BCUT2D eigenvalue weighted by Crippen LogP contribution is -2.69. The molecule has 0 aromatic carbocycles. The van der Waals surface area contributed by atoms with E-state index in [0.29, 0.717) is 0 Å². The largest absolute Gasteiger partial charge is 0.394 e. The van der Waals surface area contributed by atoms with E-state index in [-0.39, 0.29) is 0 Å². The highest BCUT2D eigenvalue weighted by molar-refractivity contribution is 5.01. The molecule has 15 atom stereocenters. The van der Waals surface area contributed by atoms with Gasteiger partial charge in [-0.05, 0) is 5.53 Å². The number of ether oxygens (including phenoxy) is 5. The van der Waals surface area contributed by atoms with Crippen molar-refractivity contribution in [2.75, 3.05) is 19.8 Å². The van der Waals surface area contributed by atoms with E-state index in [4.69, 9.17) is 29.2 Å². The van der Waals surface area contributed by atoms with Crippen LogP contribution in [-0.4, -0.2) is 168 Å². The minimum Gasteiger partial charge on any atom is -0.394 e. The molecule has 0 radical (unpaired) electrons. The number of aliphatic hydroxyl groups excluding tert-OH is 10.